The quantitative estimate of drug-likeness (QED) is 0.193. The Balaban J connectivity index is 1.25. The molecule has 2 aliphatic carbocycles. The summed E-state index contributed by atoms with van der Waals surface area (Å²) in [5.74, 6) is 0. The van der Waals surface area contributed by atoms with E-state index in [4.69, 9.17) is 9.47 Å². The minimum Gasteiger partial charge on any atom is -0.358 e. The van der Waals surface area contributed by atoms with Crippen molar-refractivity contribution in [3.63, 3.8) is 0 Å². The standard InChI is InChI=1S/C40H56O2/c1-31(19-13-21-33(3)23-29-39-35(5,6)25-15-27-37(39,9)41-39)17-11-12-18-32(2)20-14-22-34(4)24-30-40-36(7,8)26-16-28-38(40,10)42-40/h11-14,17-24,29-30H,15-16,25-28H2,1-10H3. The van der Waals surface area contributed by atoms with Crippen molar-refractivity contribution in [3.05, 3.63) is 107 Å². The Morgan fingerprint density at radius 2 is 0.786 bits per heavy atom. The molecule has 228 valence electrons. The van der Waals surface area contributed by atoms with Crippen molar-refractivity contribution < 1.29 is 9.47 Å². The molecule has 42 heavy (non-hydrogen) atoms. The summed E-state index contributed by atoms with van der Waals surface area (Å²) in [6, 6.07) is 0. The van der Waals surface area contributed by atoms with E-state index in [9.17, 15) is 0 Å². The molecule has 2 heteroatoms. The Morgan fingerprint density at radius 1 is 0.452 bits per heavy atom. The van der Waals surface area contributed by atoms with Crippen LogP contribution in [0.2, 0.25) is 0 Å². The molecule has 0 bridgehead atoms. The number of fused-ring (bicyclic) bond motifs is 2. The van der Waals surface area contributed by atoms with E-state index in [2.05, 4.69) is 154 Å². The van der Waals surface area contributed by atoms with Gasteiger partial charge in [-0.1, -0.05) is 123 Å². The van der Waals surface area contributed by atoms with Gasteiger partial charge in [-0.25, -0.2) is 0 Å². The van der Waals surface area contributed by atoms with Gasteiger partial charge < -0.3 is 9.47 Å². The Labute approximate surface area is 257 Å². The third-order valence-electron chi connectivity index (χ3n) is 10.6. The number of rotatable bonds is 10. The first-order chi connectivity index (χ1) is 19.6. The Hall–Kier alpha value is -2.42. The van der Waals surface area contributed by atoms with Crippen molar-refractivity contribution >= 4 is 0 Å². The van der Waals surface area contributed by atoms with Crippen molar-refractivity contribution in [3.8, 4) is 0 Å². The smallest absolute Gasteiger partial charge is 0.121 e. The van der Waals surface area contributed by atoms with E-state index in [1.54, 1.807) is 0 Å². The molecule has 0 radical (unpaired) electrons. The summed E-state index contributed by atoms with van der Waals surface area (Å²) in [5.41, 5.74) is 5.11. The molecule has 0 aromatic heterocycles. The van der Waals surface area contributed by atoms with Gasteiger partial charge in [-0.3, -0.25) is 0 Å². The summed E-state index contributed by atoms with van der Waals surface area (Å²) in [6.45, 7) is 22.5. The van der Waals surface area contributed by atoms with Crippen LogP contribution in [0.1, 0.15) is 108 Å². The normalized spacial score (nSPS) is 36.9. The predicted octanol–water partition coefficient (Wildman–Crippen LogP) is 11.0. The number of hydrogen-bond acceptors (Lipinski definition) is 2. The topological polar surface area (TPSA) is 25.1 Å². The van der Waals surface area contributed by atoms with Crippen molar-refractivity contribution in [1.29, 1.82) is 0 Å². The van der Waals surface area contributed by atoms with E-state index in [1.165, 1.54) is 48.0 Å². The maximum absolute atomic E-state index is 6.34. The lowest BCUT2D eigenvalue weighted by molar-refractivity contribution is 0.166. The van der Waals surface area contributed by atoms with Crippen LogP contribution in [0.25, 0.3) is 0 Å². The molecule has 2 aliphatic heterocycles. The van der Waals surface area contributed by atoms with Gasteiger partial charge in [0.25, 0.3) is 0 Å². The molecule has 2 saturated heterocycles. The second-order valence-electron chi connectivity index (χ2n) is 15.0. The summed E-state index contributed by atoms with van der Waals surface area (Å²) in [7, 11) is 0. The van der Waals surface area contributed by atoms with Crippen LogP contribution in [-0.4, -0.2) is 22.4 Å². The molecule has 0 amide bonds. The van der Waals surface area contributed by atoms with Crippen molar-refractivity contribution in [2.45, 2.75) is 130 Å². The van der Waals surface area contributed by atoms with Gasteiger partial charge in [0.05, 0.1) is 11.2 Å². The van der Waals surface area contributed by atoms with E-state index in [1.807, 2.05) is 0 Å². The fourth-order valence-corrected chi connectivity index (χ4v) is 7.66. The molecule has 0 aromatic rings. The molecule has 0 N–H and O–H groups in total. The molecule has 2 heterocycles. The first-order valence-electron chi connectivity index (χ1n) is 16.1. The van der Waals surface area contributed by atoms with Gasteiger partial charge >= 0.3 is 0 Å². The van der Waals surface area contributed by atoms with Crippen LogP contribution in [0.4, 0.5) is 0 Å². The van der Waals surface area contributed by atoms with E-state index >= 15 is 0 Å². The molecule has 4 aliphatic rings. The summed E-state index contributed by atoms with van der Waals surface area (Å²) in [5, 5.41) is 0. The third-order valence-corrected chi connectivity index (χ3v) is 10.6. The van der Waals surface area contributed by atoms with E-state index in [-0.39, 0.29) is 33.2 Å². The van der Waals surface area contributed by atoms with Crippen molar-refractivity contribution in [1.82, 2.24) is 0 Å². The Morgan fingerprint density at radius 3 is 1.14 bits per heavy atom. The summed E-state index contributed by atoms with van der Waals surface area (Å²) in [6.07, 6.45) is 37.8. The third kappa shape index (κ3) is 6.41. The number of epoxide rings is 2. The van der Waals surface area contributed by atoms with Crippen LogP contribution in [0.5, 0.6) is 0 Å². The molecule has 0 aromatic carbocycles. The Bertz CT molecular complexity index is 1200. The van der Waals surface area contributed by atoms with E-state index in [0.29, 0.717) is 0 Å². The SMILES string of the molecule is CC(C=CC=C(C)C=CC12OC1(C)CCCC2(C)C)=CC=CC=C(C)C=CC=C(C)C=CC12OC1(C)CCCC2(C)C. The minimum atomic E-state index is -0.106. The van der Waals surface area contributed by atoms with Gasteiger partial charge in [-0.15, -0.1) is 0 Å². The van der Waals surface area contributed by atoms with Gasteiger partial charge in [0, 0.05) is 10.8 Å². The first kappa shape index (κ1) is 32.5. The highest BCUT2D eigenvalue weighted by Crippen LogP contribution is 2.67. The highest BCUT2D eigenvalue weighted by molar-refractivity contribution is 5.37. The van der Waals surface area contributed by atoms with Gasteiger partial charge in [-0.05, 0) is 92.2 Å². The summed E-state index contributed by atoms with van der Waals surface area (Å²) in [4.78, 5) is 0. The highest BCUT2D eigenvalue weighted by atomic mass is 16.6. The molecule has 4 atom stereocenters. The van der Waals surface area contributed by atoms with Gasteiger partial charge in [0.1, 0.15) is 11.2 Å². The molecule has 0 spiro atoms. The van der Waals surface area contributed by atoms with Crippen molar-refractivity contribution in [2.75, 3.05) is 0 Å². The van der Waals surface area contributed by atoms with Gasteiger partial charge in [0.2, 0.25) is 0 Å². The molecular formula is C40H56O2. The van der Waals surface area contributed by atoms with Gasteiger partial charge in [-0.2, -0.15) is 0 Å². The number of ether oxygens (including phenoxy) is 2. The zero-order valence-corrected chi connectivity index (χ0v) is 28.1. The first-order valence-corrected chi connectivity index (χ1v) is 16.1. The maximum atomic E-state index is 6.34. The Kier molecular flexibility index (Phi) is 9.23. The molecule has 2 nitrogen and oxygen atoms in total. The lowest BCUT2D eigenvalue weighted by Crippen LogP contribution is -2.41. The van der Waals surface area contributed by atoms with Gasteiger partial charge in [0.15, 0.2) is 0 Å². The average molecular weight is 569 g/mol. The monoisotopic (exact) mass is 568 g/mol. The largest absolute Gasteiger partial charge is 0.358 e. The molecule has 4 fully saturated rings. The lowest BCUT2D eigenvalue weighted by atomic mass is 9.64. The van der Waals surface area contributed by atoms with Crippen LogP contribution in [0.15, 0.2) is 107 Å². The second-order valence-corrected chi connectivity index (χ2v) is 15.0. The minimum absolute atomic E-state index is 0.0169. The van der Waals surface area contributed by atoms with E-state index < -0.39 is 0 Å². The maximum Gasteiger partial charge on any atom is 0.121 e. The van der Waals surface area contributed by atoms with Crippen LogP contribution in [0.3, 0.4) is 0 Å². The number of allylic oxidation sites excluding steroid dienone is 16. The fraction of sp³-hybridized carbons (Fsp3) is 0.550. The summed E-state index contributed by atoms with van der Waals surface area (Å²) < 4.78 is 12.7. The lowest BCUT2D eigenvalue weighted by Gasteiger charge is -2.36. The average Bonchev–Trinajstić information content (AvgIpc) is 3.75. The van der Waals surface area contributed by atoms with Crippen LogP contribution in [0, 0.1) is 10.8 Å². The van der Waals surface area contributed by atoms with Crippen LogP contribution < -0.4 is 0 Å². The zero-order chi connectivity index (χ0) is 30.9. The fourth-order valence-electron chi connectivity index (χ4n) is 7.66. The molecule has 2 saturated carbocycles. The van der Waals surface area contributed by atoms with Crippen LogP contribution in [-0.2, 0) is 9.47 Å². The second kappa shape index (κ2) is 11.9. The molecular weight excluding hydrogens is 512 g/mol. The van der Waals surface area contributed by atoms with Crippen molar-refractivity contribution in [2.24, 2.45) is 10.8 Å². The number of hydrogen-bond donors (Lipinski definition) is 0. The predicted molar refractivity (Wildman–Crippen MR) is 180 cm³/mol. The van der Waals surface area contributed by atoms with E-state index in [0.717, 1.165) is 12.8 Å². The summed E-state index contributed by atoms with van der Waals surface area (Å²) >= 11 is 0. The molecule has 4 unspecified atom stereocenters. The highest BCUT2D eigenvalue weighted by Gasteiger charge is 2.73. The van der Waals surface area contributed by atoms with Crippen LogP contribution >= 0.6 is 0 Å². The zero-order valence-electron chi connectivity index (χ0n) is 28.1. The molecule has 4 rings (SSSR count).